The maximum Gasteiger partial charge on any atom is 0.255 e. The lowest BCUT2D eigenvalue weighted by molar-refractivity contribution is -0.117. The number of carbonyl (C=O) groups is 2. The molecule has 5 rings (SSSR count). The lowest BCUT2D eigenvalue weighted by atomic mass is 10.1. The maximum atomic E-state index is 12.7. The van der Waals surface area contributed by atoms with Crippen molar-refractivity contribution in [2.75, 3.05) is 29.6 Å². The molecular formula is C26H25N5O3. The first-order chi connectivity index (χ1) is 16.4. The van der Waals surface area contributed by atoms with E-state index in [9.17, 15) is 9.59 Å². The highest BCUT2D eigenvalue weighted by molar-refractivity contribution is 6.04. The Morgan fingerprint density at radius 1 is 0.971 bits per heavy atom. The molecule has 0 spiro atoms. The molecular weight excluding hydrogens is 430 g/mol. The molecule has 2 amide bonds. The molecule has 8 nitrogen and oxygen atoms in total. The van der Waals surface area contributed by atoms with E-state index in [0.29, 0.717) is 34.2 Å². The van der Waals surface area contributed by atoms with Gasteiger partial charge >= 0.3 is 0 Å². The molecule has 4 aromatic rings. The Kier molecular flexibility index (Phi) is 5.63. The van der Waals surface area contributed by atoms with Crippen LogP contribution in [0.25, 0.3) is 5.65 Å². The minimum absolute atomic E-state index is 0.0205. The molecule has 0 radical (unpaired) electrons. The number of nitrogens with one attached hydrogen (secondary N) is 2. The van der Waals surface area contributed by atoms with Gasteiger partial charge in [-0.05, 0) is 55.3 Å². The van der Waals surface area contributed by atoms with E-state index in [1.165, 1.54) is 0 Å². The predicted molar refractivity (Wildman–Crippen MR) is 132 cm³/mol. The van der Waals surface area contributed by atoms with Crippen molar-refractivity contribution in [1.29, 1.82) is 0 Å². The van der Waals surface area contributed by atoms with Crippen LogP contribution in [0.15, 0.2) is 73.1 Å². The number of anilines is 3. The number of fused-ring (bicyclic) bond motifs is 1. The number of nitrogens with zero attached hydrogens (tertiary/aromatic N) is 3. The second-order valence-corrected chi connectivity index (χ2v) is 8.55. The van der Waals surface area contributed by atoms with Crippen LogP contribution in [-0.4, -0.2) is 35.3 Å². The monoisotopic (exact) mass is 455 g/mol. The largest absolute Gasteiger partial charge is 0.456 e. The first-order valence-electron chi connectivity index (χ1n) is 11.1. The van der Waals surface area contributed by atoms with Crippen molar-refractivity contribution in [2.24, 2.45) is 5.92 Å². The summed E-state index contributed by atoms with van der Waals surface area (Å²) in [5, 5.41) is 5.78. The van der Waals surface area contributed by atoms with Gasteiger partial charge in [0, 0.05) is 43.0 Å². The summed E-state index contributed by atoms with van der Waals surface area (Å²) in [5.74, 6) is 1.66. The van der Waals surface area contributed by atoms with Gasteiger partial charge in [-0.1, -0.05) is 12.1 Å². The van der Waals surface area contributed by atoms with Crippen molar-refractivity contribution in [3.05, 3.63) is 78.6 Å². The first-order valence-corrected chi connectivity index (χ1v) is 11.1. The van der Waals surface area contributed by atoms with Gasteiger partial charge in [0.1, 0.15) is 17.1 Å². The minimum atomic E-state index is -0.193. The van der Waals surface area contributed by atoms with Crippen LogP contribution in [0.3, 0.4) is 0 Å². The third-order valence-electron chi connectivity index (χ3n) is 5.58. The summed E-state index contributed by atoms with van der Waals surface area (Å²) in [6.45, 7) is 0. The van der Waals surface area contributed by atoms with E-state index in [2.05, 4.69) is 15.6 Å². The normalized spacial score (nSPS) is 12.9. The topological polar surface area (TPSA) is 88.0 Å². The van der Waals surface area contributed by atoms with Crippen LogP contribution in [0.5, 0.6) is 11.5 Å². The van der Waals surface area contributed by atoms with E-state index < -0.39 is 0 Å². The Morgan fingerprint density at radius 3 is 2.59 bits per heavy atom. The van der Waals surface area contributed by atoms with E-state index in [1.807, 2.05) is 67.5 Å². The zero-order valence-corrected chi connectivity index (χ0v) is 19.0. The Morgan fingerprint density at radius 2 is 1.79 bits per heavy atom. The van der Waals surface area contributed by atoms with Gasteiger partial charge in [-0.2, -0.15) is 0 Å². The van der Waals surface area contributed by atoms with Gasteiger partial charge in [0.15, 0.2) is 5.82 Å². The highest BCUT2D eigenvalue weighted by Crippen LogP contribution is 2.30. The number of rotatable bonds is 7. The maximum absolute atomic E-state index is 12.7. The number of imidazole rings is 1. The van der Waals surface area contributed by atoms with Gasteiger partial charge in [0.2, 0.25) is 5.91 Å². The van der Waals surface area contributed by atoms with Crippen LogP contribution in [0.1, 0.15) is 23.2 Å². The zero-order chi connectivity index (χ0) is 23.7. The number of ether oxygens (including phenoxy) is 1. The minimum Gasteiger partial charge on any atom is -0.456 e. The van der Waals surface area contributed by atoms with Crippen LogP contribution in [-0.2, 0) is 4.79 Å². The van der Waals surface area contributed by atoms with Gasteiger partial charge in [-0.15, -0.1) is 0 Å². The van der Waals surface area contributed by atoms with Crippen LogP contribution < -0.4 is 20.3 Å². The summed E-state index contributed by atoms with van der Waals surface area (Å²) in [4.78, 5) is 31.1. The van der Waals surface area contributed by atoms with Crippen molar-refractivity contribution in [3.8, 4) is 11.5 Å². The van der Waals surface area contributed by atoms with Crippen LogP contribution in [0.4, 0.5) is 17.2 Å². The third-order valence-corrected chi connectivity index (χ3v) is 5.58. The summed E-state index contributed by atoms with van der Waals surface area (Å²) in [7, 11) is 3.87. The van der Waals surface area contributed by atoms with Crippen LogP contribution in [0, 0.1) is 5.92 Å². The summed E-state index contributed by atoms with van der Waals surface area (Å²) in [6, 6.07) is 18.3. The molecule has 34 heavy (non-hydrogen) atoms. The Labute approximate surface area is 197 Å². The lowest BCUT2D eigenvalue weighted by Crippen LogP contribution is -2.14. The van der Waals surface area contributed by atoms with Gasteiger partial charge in [-0.3, -0.25) is 9.59 Å². The van der Waals surface area contributed by atoms with E-state index in [-0.39, 0.29) is 17.7 Å². The first kappa shape index (κ1) is 21.5. The molecule has 1 fully saturated rings. The molecule has 172 valence electrons. The molecule has 2 N–H and O–H groups in total. The number of carbonyl (C=O) groups excluding carboxylic acids is 2. The van der Waals surface area contributed by atoms with Crippen molar-refractivity contribution >= 4 is 34.7 Å². The molecule has 0 unspecified atom stereocenters. The SMILES string of the molecule is CN(C)c1cccc(C(=O)Nc2cccc(Oc3ccc4nc(NC(=O)C5CC5)cn4c3)c2)c1. The molecule has 0 bridgehead atoms. The average Bonchev–Trinajstić information content (AvgIpc) is 3.60. The average molecular weight is 456 g/mol. The fraction of sp³-hybridized carbons (Fsp3) is 0.192. The Hall–Kier alpha value is -4.33. The molecule has 1 aliphatic carbocycles. The van der Waals surface area contributed by atoms with Gasteiger partial charge in [0.05, 0.1) is 12.4 Å². The quantitative estimate of drug-likeness (QED) is 0.418. The smallest absolute Gasteiger partial charge is 0.255 e. The summed E-state index contributed by atoms with van der Waals surface area (Å²) < 4.78 is 7.82. The number of pyridine rings is 1. The lowest BCUT2D eigenvalue weighted by Gasteiger charge is -2.14. The number of amides is 2. The van der Waals surface area contributed by atoms with E-state index in [4.69, 9.17) is 4.74 Å². The fourth-order valence-corrected chi connectivity index (χ4v) is 3.57. The third kappa shape index (κ3) is 4.85. The summed E-state index contributed by atoms with van der Waals surface area (Å²) in [6.07, 6.45) is 5.45. The van der Waals surface area contributed by atoms with E-state index in [1.54, 1.807) is 28.9 Å². The molecule has 0 atom stereocenters. The number of hydrogen-bond donors (Lipinski definition) is 2. The summed E-state index contributed by atoms with van der Waals surface area (Å²) in [5.41, 5.74) is 2.87. The van der Waals surface area contributed by atoms with Gasteiger partial charge in [-0.25, -0.2) is 4.98 Å². The highest BCUT2D eigenvalue weighted by Gasteiger charge is 2.30. The Balaban J connectivity index is 1.28. The summed E-state index contributed by atoms with van der Waals surface area (Å²) >= 11 is 0. The standard InChI is InChI=1S/C26H25N5O3/c1-30(2)20-7-3-5-18(13-20)26(33)27-19-6-4-8-21(14-19)34-22-11-12-24-28-23(16-31(24)15-22)29-25(32)17-9-10-17/h3-8,11-17H,9-10H2,1-2H3,(H,27,33)(H,29,32). The molecule has 2 aromatic heterocycles. The van der Waals surface area contributed by atoms with Crippen molar-refractivity contribution < 1.29 is 14.3 Å². The number of benzene rings is 2. The van der Waals surface area contributed by atoms with Crippen molar-refractivity contribution in [1.82, 2.24) is 9.38 Å². The molecule has 0 aliphatic heterocycles. The second kappa shape index (κ2) is 8.90. The van der Waals surface area contributed by atoms with Crippen molar-refractivity contribution in [3.63, 3.8) is 0 Å². The van der Waals surface area contributed by atoms with Gasteiger partial charge in [0.25, 0.3) is 5.91 Å². The van der Waals surface area contributed by atoms with Gasteiger partial charge < -0.3 is 24.7 Å². The Bertz CT molecular complexity index is 1370. The van der Waals surface area contributed by atoms with E-state index in [0.717, 1.165) is 18.5 Å². The fourth-order valence-electron chi connectivity index (χ4n) is 3.57. The number of aromatic nitrogens is 2. The van der Waals surface area contributed by atoms with E-state index >= 15 is 0 Å². The van der Waals surface area contributed by atoms with Crippen LogP contribution in [0.2, 0.25) is 0 Å². The van der Waals surface area contributed by atoms with Crippen molar-refractivity contribution in [2.45, 2.75) is 12.8 Å². The molecule has 1 saturated carbocycles. The zero-order valence-electron chi connectivity index (χ0n) is 19.0. The molecule has 8 heteroatoms. The predicted octanol–water partition coefficient (Wildman–Crippen LogP) is 4.79. The number of hydrogen-bond acceptors (Lipinski definition) is 5. The molecule has 1 aliphatic rings. The van der Waals surface area contributed by atoms with Crippen LogP contribution >= 0.6 is 0 Å². The molecule has 0 saturated heterocycles. The molecule has 2 heterocycles. The highest BCUT2D eigenvalue weighted by atomic mass is 16.5. The second-order valence-electron chi connectivity index (χ2n) is 8.55. The molecule has 2 aromatic carbocycles.